The van der Waals surface area contributed by atoms with Gasteiger partial charge in [-0.3, -0.25) is 24.5 Å². The first-order valence-electron chi connectivity index (χ1n) is 7.99. The highest BCUT2D eigenvalue weighted by atomic mass is 35.5. The smallest absolute Gasteiger partial charge is 0.265 e. The van der Waals surface area contributed by atoms with Gasteiger partial charge in [0.2, 0.25) is 0 Å². The lowest BCUT2D eigenvalue weighted by Crippen LogP contribution is -2.21. The van der Waals surface area contributed by atoms with Crippen LogP contribution in [0.3, 0.4) is 0 Å². The molecule has 4 rings (SSSR count). The van der Waals surface area contributed by atoms with E-state index in [2.05, 4.69) is 16.0 Å². The van der Waals surface area contributed by atoms with E-state index in [0.717, 1.165) is 22.7 Å². The molecule has 1 aromatic carbocycles. The first-order valence-corrected chi connectivity index (χ1v) is 10.4. The number of hydrogen-bond donors (Lipinski definition) is 3. The van der Waals surface area contributed by atoms with Crippen LogP contribution in [-0.4, -0.2) is 23.6 Å². The predicted octanol–water partition coefficient (Wildman–Crippen LogP) is 4.50. The van der Waals surface area contributed by atoms with Gasteiger partial charge in [-0.15, -0.1) is 22.7 Å². The van der Waals surface area contributed by atoms with Crippen molar-refractivity contribution in [1.29, 1.82) is 0 Å². The summed E-state index contributed by atoms with van der Waals surface area (Å²) in [6.07, 6.45) is 0. The van der Waals surface area contributed by atoms with Crippen molar-refractivity contribution in [2.24, 2.45) is 0 Å². The molecule has 0 radical (unpaired) electrons. The highest BCUT2D eigenvalue weighted by molar-refractivity contribution is 7.18. The minimum atomic E-state index is -0.667. The number of nitrogens with one attached hydrogen (secondary N) is 3. The second kappa shape index (κ2) is 7.60. The summed E-state index contributed by atoms with van der Waals surface area (Å²) in [7, 11) is 0. The largest absolute Gasteiger partial charge is 0.321 e. The first-order chi connectivity index (χ1) is 13.8. The second-order valence-corrected chi connectivity index (χ2v) is 9.24. The monoisotopic (exact) mass is 465 g/mol. The zero-order chi connectivity index (χ0) is 20.7. The molecular weight excluding hydrogens is 457 g/mol. The van der Waals surface area contributed by atoms with Crippen molar-refractivity contribution in [3.05, 3.63) is 66.0 Å². The van der Waals surface area contributed by atoms with Crippen LogP contribution >= 0.6 is 45.9 Å². The summed E-state index contributed by atoms with van der Waals surface area (Å²) in [5.41, 5.74) is 0.256. The van der Waals surface area contributed by atoms with Gasteiger partial charge in [0.25, 0.3) is 23.6 Å². The summed E-state index contributed by atoms with van der Waals surface area (Å²) >= 11 is 13.9. The number of fused-ring (bicyclic) bond motifs is 1. The molecule has 0 saturated carbocycles. The lowest BCUT2D eigenvalue weighted by Gasteiger charge is -2.12. The van der Waals surface area contributed by atoms with Gasteiger partial charge in [0.15, 0.2) is 0 Å². The third-order valence-electron chi connectivity index (χ3n) is 3.98. The van der Waals surface area contributed by atoms with E-state index in [4.69, 9.17) is 23.2 Å². The fourth-order valence-corrected chi connectivity index (χ4v) is 4.63. The maximum absolute atomic E-state index is 12.4. The molecule has 0 atom stereocenters. The molecular formula is C18H9Cl2N3O4S2. The number of halogens is 2. The molecule has 0 saturated heterocycles. The van der Waals surface area contributed by atoms with Gasteiger partial charge in [0.05, 0.1) is 40.9 Å². The topological polar surface area (TPSA) is 104 Å². The first kappa shape index (κ1) is 19.6. The van der Waals surface area contributed by atoms with Crippen molar-refractivity contribution in [3.8, 4) is 0 Å². The Morgan fingerprint density at radius 2 is 1.14 bits per heavy atom. The van der Waals surface area contributed by atoms with Crippen molar-refractivity contribution in [1.82, 2.24) is 5.32 Å². The zero-order valence-electron chi connectivity index (χ0n) is 14.2. The maximum atomic E-state index is 12.4. The number of imide groups is 1. The zero-order valence-corrected chi connectivity index (χ0v) is 17.3. The number of amides is 4. The number of thiophene rings is 2. The van der Waals surface area contributed by atoms with E-state index in [1.807, 2.05) is 0 Å². The maximum Gasteiger partial charge on any atom is 0.265 e. The van der Waals surface area contributed by atoms with Crippen LogP contribution in [0.1, 0.15) is 40.1 Å². The molecule has 0 unspecified atom stereocenters. The number of hydrogen-bond acceptors (Lipinski definition) is 6. The molecule has 0 spiro atoms. The van der Waals surface area contributed by atoms with Crippen LogP contribution in [0.25, 0.3) is 0 Å². The molecule has 0 bridgehead atoms. The molecule has 29 heavy (non-hydrogen) atoms. The van der Waals surface area contributed by atoms with Crippen molar-refractivity contribution >= 4 is 80.9 Å². The number of rotatable bonds is 4. The van der Waals surface area contributed by atoms with Gasteiger partial charge < -0.3 is 10.6 Å². The second-order valence-electron chi connectivity index (χ2n) is 5.81. The van der Waals surface area contributed by atoms with E-state index < -0.39 is 23.6 Å². The third kappa shape index (κ3) is 3.77. The summed E-state index contributed by atoms with van der Waals surface area (Å²) in [5.74, 6) is -2.28. The van der Waals surface area contributed by atoms with E-state index in [1.54, 1.807) is 24.3 Å². The number of carbonyl (C=O) groups excluding carboxylic acids is 4. The van der Waals surface area contributed by atoms with Crippen LogP contribution < -0.4 is 16.0 Å². The van der Waals surface area contributed by atoms with Crippen molar-refractivity contribution in [2.45, 2.75) is 0 Å². The Morgan fingerprint density at radius 1 is 0.724 bits per heavy atom. The van der Waals surface area contributed by atoms with E-state index >= 15 is 0 Å². The third-order valence-corrected chi connectivity index (χ3v) is 6.44. The number of anilines is 2. The van der Waals surface area contributed by atoms with Crippen molar-refractivity contribution in [3.63, 3.8) is 0 Å². The van der Waals surface area contributed by atoms with Crippen LogP contribution in [0.5, 0.6) is 0 Å². The Kier molecular flexibility index (Phi) is 5.13. The van der Waals surface area contributed by atoms with E-state index in [-0.39, 0.29) is 22.5 Å². The standard InChI is InChI=1S/C18H9Cl2N3O4S2/c19-11-5-3-9(28-11)15(24)21-7-1-2-8(14-13(7)17(26)23-18(14)27)22-16(25)10-4-6-12(20)29-10/h1-6H,(H,21,24)(H,22,25)(H,23,26,27). The molecule has 4 amide bonds. The summed E-state index contributed by atoms with van der Waals surface area (Å²) in [4.78, 5) is 50.1. The SMILES string of the molecule is O=C(Nc1ccc(NC(=O)c2ccc(Cl)s2)c2c1C(=O)NC2=O)c1ccc(Cl)s1. The Bertz CT molecular complexity index is 1110. The molecule has 3 aromatic rings. The van der Waals surface area contributed by atoms with Crippen LogP contribution in [-0.2, 0) is 0 Å². The average Bonchev–Trinajstić information content (AvgIpc) is 3.37. The normalized spacial score (nSPS) is 12.5. The lowest BCUT2D eigenvalue weighted by molar-refractivity contribution is 0.0879. The van der Waals surface area contributed by atoms with E-state index in [1.165, 1.54) is 12.1 Å². The minimum Gasteiger partial charge on any atom is -0.321 e. The molecule has 146 valence electrons. The minimum absolute atomic E-state index is 0.0204. The van der Waals surface area contributed by atoms with Gasteiger partial charge in [0, 0.05) is 0 Å². The summed E-state index contributed by atoms with van der Waals surface area (Å²) in [6, 6.07) is 9.15. The van der Waals surface area contributed by atoms with Crippen LogP contribution in [0.2, 0.25) is 8.67 Å². The van der Waals surface area contributed by atoms with Gasteiger partial charge in [-0.2, -0.15) is 0 Å². The van der Waals surface area contributed by atoms with Crippen LogP contribution in [0, 0.1) is 0 Å². The highest BCUT2D eigenvalue weighted by Gasteiger charge is 2.33. The Morgan fingerprint density at radius 3 is 1.48 bits per heavy atom. The highest BCUT2D eigenvalue weighted by Crippen LogP contribution is 2.33. The van der Waals surface area contributed by atoms with Gasteiger partial charge in [-0.05, 0) is 36.4 Å². The van der Waals surface area contributed by atoms with Gasteiger partial charge in [0.1, 0.15) is 0 Å². The summed E-state index contributed by atoms with van der Waals surface area (Å²) in [5, 5.41) is 7.40. The van der Waals surface area contributed by atoms with Crippen molar-refractivity contribution in [2.75, 3.05) is 10.6 Å². The molecule has 0 aliphatic carbocycles. The van der Waals surface area contributed by atoms with Crippen LogP contribution in [0.4, 0.5) is 11.4 Å². The molecule has 1 aliphatic heterocycles. The number of carbonyl (C=O) groups is 4. The molecule has 1 aliphatic rings. The fourth-order valence-electron chi connectivity index (χ4n) is 2.75. The molecule has 2 aromatic heterocycles. The molecule has 7 nitrogen and oxygen atoms in total. The molecule has 0 fully saturated rings. The molecule has 3 N–H and O–H groups in total. The lowest BCUT2D eigenvalue weighted by atomic mass is 10.0. The molecule has 3 heterocycles. The average molecular weight is 466 g/mol. The van der Waals surface area contributed by atoms with Gasteiger partial charge >= 0.3 is 0 Å². The Hall–Kier alpha value is -2.72. The fraction of sp³-hybridized carbons (Fsp3) is 0. The summed E-state index contributed by atoms with van der Waals surface area (Å²) < 4.78 is 0.889. The summed E-state index contributed by atoms with van der Waals surface area (Å²) in [6.45, 7) is 0. The van der Waals surface area contributed by atoms with Gasteiger partial charge in [-0.25, -0.2) is 0 Å². The van der Waals surface area contributed by atoms with E-state index in [9.17, 15) is 19.2 Å². The van der Waals surface area contributed by atoms with Gasteiger partial charge in [-0.1, -0.05) is 23.2 Å². The molecule has 11 heteroatoms. The predicted molar refractivity (Wildman–Crippen MR) is 113 cm³/mol. The Labute approximate surface area is 181 Å². The quantitative estimate of drug-likeness (QED) is 0.493. The van der Waals surface area contributed by atoms with Crippen LogP contribution in [0.15, 0.2) is 36.4 Å². The Balaban J connectivity index is 1.67. The van der Waals surface area contributed by atoms with Crippen molar-refractivity contribution < 1.29 is 19.2 Å². The number of benzene rings is 1. The van der Waals surface area contributed by atoms with E-state index in [0.29, 0.717) is 18.4 Å².